The van der Waals surface area contributed by atoms with Crippen LogP contribution in [-0.2, 0) is 4.74 Å². The van der Waals surface area contributed by atoms with Crippen LogP contribution in [0.3, 0.4) is 0 Å². The van der Waals surface area contributed by atoms with E-state index in [9.17, 15) is 0 Å². The van der Waals surface area contributed by atoms with Crippen LogP contribution in [0.5, 0.6) is 0 Å². The maximum atomic E-state index is 5.80. The number of aromatic nitrogens is 2. The molecule has 3 rings (SSSR count). The van der Waals surface area contributed by atoms with Crippen LogP contribution in [-0.4, -0.2) is 29.1 Å². The molecule has 1 atom stereocenters. The Morgan fingerprint density at radius 2 is 2.22 bits per heavy atom. The third-order valence-electron chi connectivity index (χ3n) is 3.40. The molecule has 1 saturated heterocycles. The number of benzene rings is 1. The van der Waals surface area contributed by atoms with E-state index in [1.165, 1.54) is 0 Å². The Hall–Kier alpha value is -1.82. The number of hydrogen-bond acceptors (Lipinski definition) is 6. The molecule has 1 aromatic heterocycles. The molecular formula is C12H16N4O2. The number of nitrogens with two attached hydrogens (primary N) is 1. The fourth-order valence-corrected chi connectivity index (χ4v) is 2.29. The lowest BCUT2D eigenvalue weighted by Gasteiger charge is -2.24. The number of nitrogens with one attached hydrogen (secondary N) is 1. The fourth-order valence-electron chi connectivity index (χ4n) is 2.29. The van der Waals surface area contributed by atoms with Crippen LogP contribution in [0.25, 0.3) is 11.0 Å². The molecule has 1 fully saturated rings. The van der Waals surface area contributed by atoms with E-state index in [1.54, 1.807) is 6.07 Å². The van der Waals surface area contributed by atoms with Gasteiger partial charge in [0.1, 0.15) is 0 Å². The highest BCUT2D eigenvalue weighted by molar-refractivity contribution is 5.94. The third-order valence-corrected chi connectivity index (χ3v) is 3.40. The first-order valence-corrected chi connectivity index (χ1v) is 6.07. The number of hydrogen-bond donors (Lipinski definition) is 2. The molecule has 6 nitrogen and oxygen atoms in total. The average Bonchev–Trinajstić information content (AvgIpc) is 2.98. The predicted octanol–water partition coefficient (Wildman–Crippen LogP) is 1.79. The van der Waals surface area contributed by atoms with Crippen molar-refractivity contribution in [3.63, 3.8) is 0 Å². The minimum Gasteiger partial charge on any atom is -0.397 e. The summed E-state index contributed by atoms with van der Waals surface area (Å²) in [6.45, 7) is 3.68. The molecule has 1 aromatic carbocycles. The van der Waals surface area contributed by atoms with Crippen molar-refractivity contribution < 1.29 is 9.37 Å². The van der Waals surface area contributed by atoms with Crippen molar-refractivity contribution in [3.8, 4) is 0 Å². The summed E-state index contributed by atoms with van der Waals surface area (Å²) in [6.07, 6.45) is 2.18. The van der Waals surface area contributed by atoms with Crippen molar-refractivity contribution in [1.29, 1.82) is 0 Å². The quantitative estimate of drug-likeness (QED) is 0.805. The monoisotopic (exact) mass is 248 g/mol. The molecule has 96 valence electrons. The highest BCUT2D eigenvalue weighted by Gasteiger charge is 2.29. The molecule has 0 bridgehead atoms. The second-order valence-corrected chi connectivity index (χ2v) is 4.92. The summed E-state index contributed by atoms with van der Waals surface area (Å²) in [5.41, 5.74) is 8.39. The van der Waals surface area contributed by atoms with E-state index < -0.39 is 0 Å². The molecule has 2 aromatic rings. The van der Waals surface area contributed by atoms with Crippen molar-refractivity contribution in [2.75, 3.05) is 24.2 Å². The van der Waals surface area contributed by atoms with Gasteiger partial charge in [-0.2, -0.15) is 0 Å². The summed E-state index contributed by atoms with van der Waals surface area (Å²) in [7, 11) is 0. The van der Waals surface area contributed by atoms with E-state index in [2.05, 4.69) is 22.6 Å². The van der Waals surface area contributed by atoms with Crippen LogP contribution in [0.4, 0.5) is 11.4 Å². The molecule has 0 aliphatic carbocycles. The summed E-state index contributed by atoms with van der Waals surface area (Å²) >= 11 is 0. The van der Waals surface area contributed by atoms with Gasteiger partial charge in [-0.3, -0.25) is 0 Å². The zero-order valence-corrected chi connectivity index (χ0v) is 10.3. The molecule has 0 amide bonds. The van der Waals surface area contributed by atoms with Gasteiger partial charge in [0.05, 0.1) is 17.0 Å². The molecule has 0 radical (unpaired) electrons. The number of nitrogen functional groups attached to an aromatic ring is 1. The van der Waals surface area contributed by atoms with Crippen molar-refractivity contribution in [3.05, 3.63) is 12.1 Å². The second-order valence-electron chi connectivity index (χ2n) is 4.92. The first-order valence-electron chi connectivity index (χ1n) is 6.07. The van der Waals surface area contributed by atoms with Crippen LogP contribution in [0.2, 0.25) is 0 Å². The number of rotatable bonds is 3. The lowest BCUT2D eigenvalue weighted by molar-refractivity contribution is 0.0315. The van der Waals surface area contributed by atoms with Crippen molar-refractivity contribution in [1.82, 2.24) is 10.3 Å². The summed E-state index contributed by atoms with van der Waals surface area (Å²) in [5.74, 6) is 0. The first-order chi connectivity index (χ1) is 8.68. The SMILES string of the molecule is CC1(CNc2ccc(N)c3nonc23)CCCO1. The van der Waals surface area contributed by atoms with Gasteiger partial charge in [0.2, 0.25) is 0 Å². The number of anilines is 2. The lowest BCUT2D eigenvalue weighted by atomic mass is 10.0. The number of fused-ring (bicyclic) bond motifs is 1. The molecular weight excluding hydrogens is 232 g/mol. The van der Waals surface area contributed by atoms with Crippen LogP contribution < -0.4 is 11.1 Å². The average molecular weight is 248 g/mol. The Balaban J connectivity index is 1.82. The van der Waals surface area contributed by atoms with Gasteiger partial charge in [-0.15, -0.1) is 0 Å². The summed E-state index contributed by atoms with van der Waals surface area (Å²) < 4.78 is 10.5. The fraction of sp³-hybridized carbons (Fsp3) is 0.500. The van der Waals surface area contributed by atoms with Crippen molar-refractivity contribution >= 4 is 22.4 Å². The van der Waals surface area contributed by atoms with Gasteiger partial charge in [0.15, 0.2) is 11.0 Å². The van der Waals surface area contributed by atoms with Gasteiger partial charge >= 0.3 is 0 Å². The zero-order chi connectivity index (χ0) is 12.6. The molecule has 1 aliphatic heterocycles. The Morgan fingerprint density at radius 1 is 1.39 bits per heavy atom. The maximum Gasteiger partial charge on any atom is 0.160 e. The van der Waals surface area contributed by atoms with E-state index in [0.717, 1.165) is 31.7 Å². The highest BCUT2D eigenvalue weighted by Crippen LogP contribution is 2.28. The van der Waals surface area contributed by atoms with E-state index in [1.807, 2.05) is 6.07 Å². The van der Waals surface area contributed by atoms with Crippen molar-refractivity contribution in [2.24, 2.45) is 0 Å². The van der Waals surface area contributed by atoms with E-state index in [4.69, 9.17) is 15.1 Å². The molecule has 3 N–H and O–H groups in total. The molecule has 0 saturated carbocycles. The van der Waals surface area contributed by atoms with Gasteiger partial charge < -0.3 is 15.8 Å². The standard InChI is InChI=1S/C12H16N4O2/c1-12(5-2-6-17-12)7-14-9-4-3-8(13)10-11(9)16-18-15-10/h3-4,14H,2,5-7,13H2,1H3. The largest absolute Gasteiger partial charge is 0.397 e. The normalized spacial score (nSPS) is 23.6. The number of nitrogens with zero attached hydrogens (tertiary/aromatic N) is 2. The van der Waals surface area contributed by atoms with Crippen LogP contribution in [0, 0.1) is 0 Å². The summed E-state index contributed by atoms with van der Waals surface area (Å²) in [4.78, 5) is 0. The topological polar surface area (TPSA) is 86.2 Å². The molecule has 2 heterocycles. The smallest absolute Gasteiger partial charge is 0.160 e. The zero-order valence-electron chi connectivity index (χ0n) is 10.3. The second kappa shape index (κ2) is 4.13. The van der Waals surface area contributed by atoms with Crippen LogP contribution in [0.1, 0.15) is 19.8 Å². The molecule has 1 unspecified atom stereocenters. The predicted molar refractivity (Wildman–Crippen MR) is 68.3 cm³/mol. The lowest BCUT2D eigenvalue weighted by Crippen LogP contribution is -2.32. The minimum atomic E-state index is -0.106. The first kappa shape index (κ1) is 11.3. The van der Waals surface area contributed by atoms with Crippen molar-refractivity contribution in [2.45, 2.75) is 25.4 Å². The summed E-state index contributed by atoms with van der Waals surface area (Å²) in [5, 5.41) is 11.0. The third kappa shape index (κ3) is 1.88. The van der Waals surface area contributed by atoms with Crippen LogP contribution >= 0.6 is 0 Å². The van der Waals surface area contributed by atoms with Gasteiger partial charge in [-0.25, -0.2) is 4.63 Å². The minimum absolute atomic E-state index is 0.106. The molecule has 0 spiro atoms. The van der Waals surface area contributed by atoms with Gasteiger partial charge in [0, 0.05) is 13.2 Å². The van der Waals surface area contributed by atoms with Gasteiger partial charge in [-0.05, 0) is 42.2 Å². The van der Waals surface area contributed by atoms with Gasteiger partial charge in [-0.1, -0.05) is 0 Å². The van der Waals surface area contributed by atoms with E-state index in [0.29, 0.717) is 16.7 Å². The van der Waals surface area contributed by atoms with Crippen LogP contribution in [0.15, 0.2) is 16.8 Å². The Kier molecular flexibility index (Phi) is 2.59. The van der Waals surface area contributed by atoms with E-state index in [-0.39, 0.29) is 5.60 Å². The molecule has 1 aliphatic rings. The Bertz CT molecular complexity index is 560. The van der Waals surface area contributed by atoms with Gasteiger partial charge in [0.25, 0.3) is 0 Å². The summed E-state index contributed by atoms with van der Waals surface area (Å²) in [6, 6.07) is 3.69. The molecule has 6 heteroatoms. The Labute approximate surface area is 104 Å². The Morgan fingerprint density at radius 3 is 3.00 bits per heavy atom. The number of ether oxygens (including phenoxy) is 1. The maximum absolute atomic E-state index is 5.80. The van der Waals surface area contributed by atoms with E-state index >= 15 is 0 Å². The highest BCUT2D eigenvalue weighted by atomic mass is 16.6. The molecule has 18 heavy (non-hydrogen) atoms.